The number of rotatable bonds is 5. The third-order valence-corrected chi connectivity index (χ3v) is 4.06. The lowest BCUT2D eigenvalue weighted by atomic mass is 9.99. The Bertz CT molecular complexity index is 430. The molecule has 1 aromatic heterocycles. The second-order valence-corrected chi connectivity index (χ2v) is 5.49. The highest BCUT2D eigenvalue weighted by Crippen LogP contribution is 2.29. The molecular weight excluding hydrogens is 254 g/mol. The molecule has 5 heteroatoms. The van der Waals surface area contributed by atoms with Crippen LogP contribution < -0.4 is 10.6 Å². The van der Waals surface area contributed by atoms with Gasteiger partial charge in [0.15, 0.2) is 0 Å². The third kappa shape index (κ3) is 3.48. The molecule has 20 heavy (non-hydrogen) atoms. The molecule has 2 rings (SSSR count). The number of nitrogens with one attached hydrogen (secondary N) is 2. The molecule has 2 amide bonds. The van der Waals surface area contributed by atoms with Gasteiger partial charge in [0.1, 0.15) is 0 Å². The third-order valence-electron chi connectivity index (χ3n) is 4.06. The van der Waals surface area contributed by atoms with Crippen LogP contribution in [0.5, 0.6) is 0 Å². The Labute approximate surface area is 119 Å². The summed E-state index contributed by atoms with van der Waals surface area (Å²) in [4.78, 5) is 16.1. The number of hydrogen-bond acceptors (Lipinski definition) is 3. The number of aliphatic hydroxyl groups excluding tert-OH is 1. The summed E-state index contributed by atoms with van der Waals surface area (Å²) < 4.78 is 0. The van der Waals surface area contributed by atoms with Crippen LogP contribution in [-0.4, -0.2) is 28.3 Å². The summed E-state index contributed by atoms with van der Waals surface area (Å²) in [6.07, 6.45) is 8.08. The van der Waals surface area contributed by atoms with Crippen LogP contribution in [0.4, 0.5) is 4.79 Å². The molecule has 0 radical (unpaired) electrons. The molecule has 1 fully saturated rings. The van der Waals surface area contributed by atoms with Crippen molar-refractivity contribution in [3.63, 3.8) is 0 Å². The van der Waals surface area contributed by atoms with E-state index in [0.29, 0.717) is 0 Å². The molecule has 1 aromatic rings. The van der Waals surface area contributed by atoms with Gasteiger partial charge < -0.3 is 15.7 Å². The van der Waals surface area contributed by atoms with Gasteiger partial charge in [-0.15, -0.1) is 0 Å². The predicted octanol–water partition coefficient (Wildman–Crippen LogP) is 2.14. The Morgan fingerprint density at radius 3 is 2.60 bits per heavy atom. The number of urea groups is 1. The normalized spacial score (nSPS) is 18.5. The lowest BCUT2D eigenvalue weighted by Gasteiger charge is -2.29. The number of carbonyl (C=O) groups is 1. The quantitative estimate of drug-likeness (QED) is 0.772. The summed E-state index contributed by atoms with van der Waals surface area (Å²) in [7, 11) is 0. The second-order valence-electron chi connectivity index (χ2n) is 5.49. The smallest absolute Gasteiger partial charge is 0.315 e. The molecule has 1 atom stereocenters. The van der Waals surface area contributed by atoms with E-state index < -0.39 is 5.54 Å². The molecule has 0 spiro atoms. The van der Waals surface area contributed by atoms with Gasteiger partial charge in [-0.2, -0.15) is 0 Å². The Morgan fingerprint density at radius 2 is 2.05 bits per heavy atom. The number of hydrogen-bond donors (Lipinski definition) is 3. The highest BCUT2D eigenvalue weighted by molar-refractivity contribution is 5.75. The van der Waals surface area contributed by atoms with Crippen molar-refractivity contribution in [2.75, 3.05) is 6.61 Å². The van der Waals surface area contributed by atoms with Crippen LogP contribution in [0.2, 0.25) is 0 Å². The Morgan fingerprint density at radius 1 is 1.40 bits per heavy atom. The Balaban J connectivity index is 1.96. The average molecular weight is 277 g/mol. The van der Waals surface area contributed by atoms with E-state index in [1.807, 2.05) is 19.1 Å². The van der Waals surface area contributed by atoms with E-state index >= 15 is 0 Å². The maximum atomic E-state index is 12.2. The fraction of sp³-hybridized carbons (Fsp3) is 0.600. The van der Waals surface area contributed by atoms with Crippen molar-refractivity contribution in [2.24, 2.45) is 0 Å². The average Bonchev–Trinajstić information content (AvgIpc) is 2.94. The summed E-state index contributed by atoms with van der Waals surface area (Å²) in [5.41, 5.74) is 0.614. The first-order valence-electron chi connectivity index (χ1n) is 7.28. The molecule has 1 aliphatic carbocycles. The molecular formula is C15H23N3O2. The van der Waals surface area contributed by atoms with Crippen molar-refractivity contribution in [1.82, 2.24) is 15.6 Å². The first-order valence-corrected chi connectivity index (χ1v) is 7.28. The van der Waals surface area contributed by atoms with Crippen LogP contribution in [0.3, 0.4) is 0 Å². The molecule has 5 nitrogen and oxygen atoms in total. The van der Waals surface area contributed by atoms with Crippen molar-refractivity contribution in [3.05, 3.63) is 30.1 Å². The maximum absolute atomic E-state index is 12.2. The molecule has 0 bridgehead atoms. The zero-order valence-corrected chi connectivity index (χ0v) is 11.9. The molecule has 1 heterocycles. The van der Waals surface area contributed by atoms with E-state index in [2.05, 4.69) is 15.6 Å². The van der Waals surface area contributed by atoms with Gasteiger partial charge in [-0.05, 0) is 37.0 Å². The van der Waals surface area contributed by atoms with Gasteiger partial charge in [0.05, 0.1) is 18.2 Å². The van der Waals surface area contributed by atoms with Crippen molar-refractivity contribution in [2.45, 2.75) is 50.6 Å². The molecule has 0 aliphatic heterocycles. The van der Waals surface area contributed by atoms with Crippen LogP contribution in [0.25, 0.3) is 0 Å². The summed E-state index contributed by atoms with van der Waals surface area (Å²) in [6.45, 7) is 2.04. The standard InChI is InChI=1S/C15H23N3O2/c1-2-13(12-5-9-16-10-6-12)17-14(20)18-15(11-19)7-3-4-8-15/h5-6,9-10,13,19H,2-4,7-8,11H2,1H3,(H2,17,18,20). The van der Waals surface area contributed by atoms with Gasteiger partial charge in [0.2, 0.25) is 0 Å². The summed E-state index contributed by atoms with van der Waals surface area (Å²) >= 11 is 0. The van der Waals surface area contributed by atoms with Crippen molar-refractivity contribution < 1.29 is 9.90 Å². The lowest BCUT2D eigenvalue weighted by Crippen LogP contribution is -2.53. The SMILES string of the molecule is CCC(NC(=O)NC1(CO)CCCC1)c1ccncc1. The predicted molar refractivity (Wildman–Crippen MR) is 77.2 cm³/mol. The number of amides is 2. The Kier molecular flexibility index (Phi) is 4.95. The minimum Gasteiger partial charge on any atom is -0.394 e. The molecule has 0 saturated heterocycles. The van der Waals surface area contributed by atoms with Crippen molar-refractivity contribution in [3.8, 4) is 0 Å². The molecule has 0 aromatic carbocycles. The molecule has 1 aliphatic rings. The highest BCUT2D eigenvalue weighted by Gasteiger charge is 2.34. The maximum Gasteiger partial charge on any atom is 0.315 e. The lowest BCUT2D eigenvalue weighted by molar-refractivity contribution is 0.161. The van der Waals surface area contributed by atoms with Gasteiger partial charge in [0.25, 0.3) is 0 Å². The Hall–Kier alpha value is -1.62. The first kappa shape index (κ1) is 14.8. The zero-order chi connectivity index (χ0) is 14.4. The summed E-state index contributed by atoms with van der Waals surface area (Å²) in [5.74, 6) is 0. The topological polar surface area (TPSA) is 74.2 Å². The monoisotopic (exact) mass is 277 g/mol. The van der Waals surface area contributed by atoms with E-state index in [0.717, 1.165) is 37.7 Å². The summed E-state index contributed by atoms with van der Waals surface area (Å²) in [6, 6.07) is 3.58. The van der Waals surface area contributed by atoms with Gasteiger partial charge in [-0.1, -0.05) is 19.8 Å². The molecule has 1 saturated carbocycles. The van der Waals surface area contributed by atoms with Gasteiger partial charge >= 0.3 is 6.03 Å². The number of aliphatic hydroxyl groups is 1. The van der Waals surface area contributed by atoms with E-state index in [1.54, 1.807) is 12.4 Å². The number of pyridine rings is 1. The van der Waals surface area contributed by atoms with Gasteiger partial charge in [-0.25, -0.2) is 4.79 Å². The van der Waals surface area contributed by atoms with E-state index in [9.17, 15) is 9.90 Å². The van der Waals surface area contributed by atoms with Crippen LogP contribution >= 0.6 is 0 Å². The second kappa shape index (κ2) is 6.70. The fourth-order valence-corrected chi connectivity index (χ4v) is 2.83. The zero-order valence-electron chi connectivity index (χ0n) is 11.9. The van der Waals surface area contributed by atoms with E-state index in [1.165, 1.54) is 0 Å². The van der Waals surface area contributed by atoms with Gasteiger partial charge in [-0.3, -0.25) is 4.98 Å². The number of carbonyl (C=O) groups excluding carboxylic acids is 1. The van der Waals surface area contributed by atoms with Crippen molar-refractivity contribution >= 4 is 6.03 Å². The first-order chi connectivity index (χ1) is 9.69. The van der Waals surface area contributed by atoms with Crippen LogP contribution in [0.1, 0.15) is 50.6 Å². The van der Waals surface area contributed by atoms with E-state index in [-0.39, 0.29) is 18.7 Å². The fourth-order valence-electron chi connectivity index (χ4n) is 2.83. The van der Waals surface area contributed by atoms with Crippen LogP contribution in [0.15, 0.2) is 24.5 Å². The van der Waals surface area contributed by atoms with Gasteiger partial charge in [0, 0.05) is 12.4 Å². The van der Waals surface area contributed by atoms with Crippen molar-refractivity contribution in [1.29, 1.82) is 0 Å². The number of nitrogens with zero attached hydrogens (tertiary/aromatic N) is 1. The van der Waals surface area contributed by atoms with Crippen LogP contribution in [-0.2, 0) is 0 Å². The molecule has 3 N–H and O–H groups in total. The highest BCUT2D eigenvalue weighted by atomic mass is 16.3. The minimum atomic E-state index is -0.430. The number of aromatic nitrogens is 1. The molecule has 110 valence electrons. The molecule has 1 unspecified atom stereocenters. The van der Waals surface area contributed by atoms with Crippen LogP contribution in [0, 0.1) is 0 Å². The van der Waals surface area contributed by atoms with E-state index in [4.69, 9.17) is 0 Å². The minimum absolute atomic E-state index is 0.00642. The largest absolute Gasteiger partial charge is 0.394 e. The summed E-state index contributed by atoms with van der Waals surface area (Å²) in [5, 5.41) is 15.5.